The Hall–Kier alpha value is -1.86. The molecule has 20 heavy (non-hydrogen) atoms. The van der Waals surface area contributed by atoms with Crippen LogP contribution in [0.4, 0.5) is 8.78 Å². The fourth-order valence-electron chi connectivity index (χ4n) is 1.64. The molecule has 0 bridgehead atoms. The van der Waals surface area contributed by atoms with Crippen LogP contribution in [0.3, 0.4) is 0 Å². The number of carbonyl (C=O) groups is 1. The van der Waals surface area contributed by atoms with Gasteiger partial charge in [0.05, 0.1) is 6.04 Å². The molecule has 0 saturated carbocycles. The van der Waals surface area contributed by atoms with E-state index in [9.17, 15) is 13.6 Å². The van der Waals surface area contributed by atoms with Crippen molar-refractivity contribution in [2.75, 3.05) is 0 Å². The first-order valence-electron chi connectivity index (χ1n) is 5.91. The van der Waals surface area contributed by atoms with Gasteiger partial charge >= 0.3 is 0 Å². The van der Waals surface area contributed by atoms with Crippen molar-refractivity contribution in [2.45, 2.75) is 19.5 Å². The molecule has 3 N–H and O–H groups in total. The average molecular weight is 297 g/mol. The van der Waals surface area contributed by atoms with Crippen molar-refractivity contribution in [3.05, 3.63) is 51.5 Å². The Balaban J connectivity index is 2.08. The van der Waals surface area contributed by atoms with Gasteiger partial charge in [0, 0.05) is 11.9 Å². The smallest absolute Gasteiger partial charge is 0.271 e. The standard InChI is InChI=1S/C13H13F2N3OS/c1-7(8-2-3-9(14)10(15)4-8)17-13(19)11-6-20-12(5-16)18-11/h2-4,6-7H,5,16H2,1H3,(H,17,19). The van der Waals surface area contributed by atoms with E-state index in [1.54, 1.807) is 12.3 Å². The van der Waals surface area contributed by atoms with Gasteiger partial charge in [-0.05, 0) is 24.6 Å². The van der Waals surface area contributed by atoms with Crippen molar-refractivity contribution < 1.29 is 13.6 Å². The number of benzene rings is 1. The van der Waals surface area contributed by atoms with Gasteiger partial charge in [0.1, 0.15) is 10.7 Å². The highest BCUT2D eigenvalue weighted by molar-refractivity contribution is 7.09. The maximum absolute atomic E-state index is 13.1. The number of amides is 1. The number of nitrogens with two attached hydrogens (primary N) is 1. The van der Waals surface area contributed by atoms with Crippen molar-refractivity contribution in [3.8, 4) is 0 Å². The minimum Gasteiger partial charge on any atom is -0.344 e. The van der Waals surface area contributed by atoms with Gasteiger partial charge in [0.25, 0.3) is 5.91 Å². The second kappa shape index (κ2) is 6.06. The monoisotopic (exact) mass is 297 g/mol. The zero-order chi connectivity index (χ0) is 14.7. The Morgan fingerprint density at radius 3 is 2.80 bits per heavy atom. The summed E-state index contributed by atoms with van der Waals surface area (Å²) in [5, 5.41) is 4.94. The molecule has 0 fully saturated rings. The third-order valence-electron chi connectivity index (χ3n) is 2.75. The van der Waals surface area contributed by atoms with E-state index in [0.717, 1.165) is 12.1 Å². The van der Waals surface area contributed by atoms with Crippen molar-refractivity contribution in [2.24, 2.45) is 5.73 Å². The van der Waals surface area contributed by atoms with Gasteiger partial charge in [-0.15, -0.1) is 11.3 Å². The van der Waals surface area contributed by atoms with Crippen LogP contribution in [0.2, 0.25) is 0 Å². The molecule has 0 spiro atoms. The predicted molar refractivity (Wildman–Crippen MR) is 72.2 cm³/mol. The molecule has 0 aliphatic rings. The second-order valence-corrected chi connectivity index (χ2v) is 5.14. The fourth-order valence-corrected chi connectivity index (χ4v) is 2.30. The van der Waals surface area contributed by atoms with Gasteiger partial charge in [-0.2, -0.15) is 0 Å². The molecule has 1 aromatic heterocycles. The van der Waals surface area contributed by atoms with Gasteiger partial charge in [-0.3, -0.25) is 4.79 Å². The number of hydrogen-bond acceptors (Lipinski definition) is 4. The van der Waals surface area contributed by atoms with Crippen LogP contribution < -0.4 is 11.1 Å². The minimum absolute atomic E-state index is 0.268. The van der Waals surface area contributed by atoms with E-state index >= 15 is 0 Å². The largest absolute Gasteiger partial charge is 0.344 e. The number of carbonyl (C=O) groups excluding carboxylic acids is 1. The van der Waals surface area contributed by atoms with Crippen LogP contribution in [0, 0.1) is 11.6 Å². The van der Waals surface area contributed by atoms with Crippen LogP contribution in [-0.2, 0) is 6.54 Å². The van der Waals surface area contributed by atoms with E-state index in [2.05, 4.69) is 10.3 Å². The van der Waals surface area contributed by atoms with E-state index in [0.29, 0.717) is 10.6 Å². The highest BCUT2D eigenvalue weighted by atomic mass is 32.1. The normalized spacial score (nSPS) is 12.2. The summed E-state index contributed by atoms with van der Waals surface area (Å²) in [7, 11) is 0. The summed E-state index contributed by atoms with van der Waals surface area (Å²) >= 11 is 1.30. The molecule has 1 aromatic carbocycles. The summed E-state index contributed by atoms with van der Waals surface area (Å²) in [5.41, 5.74) is 6.17. The highest BCUT2D eigenvalue weighted by Gasteiger charge is 2.15. The van der Waals surface area contributed by atoms with Gasteiger partial charge in [-0.25, -0.2) is 13.8 Å². The Morgan fingerprint density at radius 1 is 1.45 bits per heavy atom. The molecule has 1 heterocycles. The minimum atomic E-state index is -0.942. The van der Waals surface area contributed by atoms with E-state index in [4.69, 9.17) is 5.73 Å². The fraction of sp³-hybridized carbons (Fsp3) is 0.231. The summed E-state index contributed by atoms with van der Waals surface area (Å²) in [6.07, 6.45) is 0. The first kappa shape index (κ1) is 14.5. The quantitative estimate of drug-likeness (QED) is 0.910. The third kappa shape index (κ3) is 3.17. The van der Waals surface area contributed by atoms with Crippen molar-refractivity contribution in [1.29, 1.82) is 0 Å². The topological polar surface area (TPSA) is 68.0 Å². The number of rotatable bonds is 4. The van der Waals surface area contributed by atoms with Crippen LogP contribution in [-0.4, -0.2) is 10.9 Å². The van der Waals surface area contributed by atoms with Crippen LogP contribution in [0.1, 0.15) is 34.0 Å². The molecule has 0 radical (unpaired) electrons. The average Bonchev–Trinajstić information content (AvgIpc) is 2.90. The lowest BCUT2D eigenvalue weighted by molar-refractivity contribution is 0.0935. The third-order valence-corrected chi connectivity index (χ3v) is 3.62. The molecule has 1 amide bonds. The summed E-state index contributed by atoms with van der Waals surface area (Å²) in [5.74, 6) is -2.24. The molecule has 106 valence electrons. The summed E-state index contributed by atoms with van der Waals surface area (Å²) < 4.78 is 26.0. The molecular formula is C13H13F2N3OS. The number of hydrogen-bond donors (Lipinski definition) is 2. The molecule has 2 aromatic rings. The predicted octanol–water partition coefficient (Wildman–Crippen LogP) is 2.37. The van der Waals surface area contributed by atoms with Crippen molar-refractivity contribution >= 4 is 17.2 Å². The lowest BCUT2D eigenvalue weighted by Gasteiger charge is -2.13. The van der Waals surface area contributed by atoms with Gasteiger partial charge in [0.15, 0.2) is 11.6 Å². The summed E-state index contributed by atoms with van der Waals surface area (Å²) in [4.78, 5) is 16.0. The molecular weight excluding hydrogens is 284 g/mol. The Kier molecular flexibility index (Phi) is 4.41. The highest BCUT2D eigenvalue weighted by Crippen LogP contribution is 2.17. The SMILES string of the molecule is CC(NC(=O)c1csc(CN)n1)c1ccc(F)c(F)c1. The van der Waals surface area contributed by atoms with Gasteiger partial charge in [0.2, 0.25) is 0 Å². The Bertz CT molecular complexity index is 630. The number of aromatic nitrogens is 1. The molecule has 7 heteroatoms. The molecule has 2 rings (SSSR count). The molecule has 4 nitrogen and oxygen atoms in total. The zero-order valence-corrected chi connectivity index (χ0v) is 11.5. The van der Waals surface area contributed by atoms with Crippen LogP contribution in [0.25, 0.3) is 0 Å². The van der Waals surface area contributed by atoms with E-state index in [1.165, 1.54) is 17.4 Å². The zero-order valence-electron chi connectivity index (χ0n) is 10.7. The molecule has 1 unspecified atom stereocenters. The van der Waals surface area contributed by atoms with Crippen molar-refractivity contribution in [1.82, 2.24) is 10.3 Å². The van der Waals surface area contributed by atoms with E-state index < -0.39 is 17.7 Å². The summed E-state index contributed by atoms with van der Waals surface area (Å²) in [6.45, 7) is 1.96. The number of nitrogens with one attached hydrogen (secondary N) is 1. The molecule has 1 atom stereocenters. The lowest BCUT2D eigenvalue weighted by Crippen LogP contribution is -2.27. The molecule has 0 saturated heterocycles. The maximum atomic E-state index is 13.1. The number of thiazole rings is 1. The van der Waals surface area contributed by atoms with Gasteiger partial charge in [-0.1, -0.05) is 6.07 Å². The second-order valence-electron chi connectivity index (χ2n) is 4.20. The maximum Gasteiger partial charge on any atom is 0.271 e. The lowest BCUT2D eigenvalue weighted by atomic mass is 10.1. The van der Waals surface area contributed by atoms with E-state index in [1.807, 2.05) is 0 Å². The number of nitrogens with zero attached hydrogens (tertiary/aromatic N) is 1. The molecule has 0 aliphatic carbocycles. The first-order valence-corrected chi connectivity index (χ1v) is 6.79. The Morgan fingerprint density at radius 2 is 2.20 bits per heavy atom. The molecule has 0 aliphatic heterocycles. The summed E-state index contributed by atoms with van der Waals surface area (Å²) in [6, 6.07) is 3.06. The first-order chi connectivity index (χ1) is 9.51. The van der Waals surface area contributed by atoms with Crippen LogP contribution >= 0.6 is 11.3 Å². The number of halogens is 2. The van der Waals surface area contributed by atoms with E-state index in [-0.39, 0.29) is 18.1 Å². The van der Waals surface area contributed by atoms with Crippen molar-refractivity contribution in [3.63, 3.8) is 0 Å². The van der Waals surface area contributed by atoms with Crippen LogP contribution in [0.15, 0.2) is 23.6 Å². The van der Waals surface area contributed by atoms with Gasteiger partial charge < -0.3 is 11.1 Å². The van der Waals surface area contributed by atoms with Crippen LogP contribution in [0.5, 0.6) is 0 Å². The Labute approximate surface area is 118 Å².